The fraction of sp³-hybridized carbons (Fsp3) is 0.188. The van der Waals surface area contributed by atoms with Crippen LogP contribution >= 0.6 is 15.9 Å². The Balaban J connectivity index is 1.85. The van der Waals surface area contributed by atoms with Crippen molar-refractivity contribution in [3.63, 3.8) is 0 Å². The summed E-state index contributed by atoms with van der Waals surface area (Å²) in [6, 6.07) is 14.2. The number of hydrogen-bond acceptors (Lipinski definition) is 2. The fourth-order valence-corrected chi connectivity index (χ4v) is 2.13. The predicted molar refractivity (Wildman–Crippen MR) is 86.1 cm³/mol. The van der Waals surface area contributed by atoms with Crippen LogP contribution in [-0.2, 0) is 0 Å². The molecule has 0 saturated heterocycles. The van der Waals surface area contributed by atoms with Crippen LogP contribution in [0.25, 0.3) is 0 Å². The van der Waals surface area contributed by atoms with Crippen molar-refractivity contribution < 1.29 is 9.18 Å². The van der Waals surface area contributed by atoms with E-state index in [2.05, 4.69) is 21.2 Å². The molecule has 0 unspecified atom stereocenters. The Kier molecular flexibility index (Phi) is 5.33. The third kappa shape index (κ3) is 4.29. The topological polar surface area (TPSA) is 32.3 Å². The molecule has 1 N–H and O–H groups in total. The van der Waals surface area contributed by atoms with E-state index in [4.69, 9.17) is 0 Å². The molecule has 0 saturated carbocycles. The lowest BCUT2D eigenvalue weighted by Crippen LogP contribution is -2.33. The summed E-state index contributed by atoms with van der Waals surface area (Å²) in [5.74, 6) is -0.716. The number of anilines is 1. The third-order valence-corrected chi connectivity index (χ3v) is 3.75. The summed E-state index contributed by atoms with van der Waals surface area (Å²) in [6.07, 6.45) is 0. The summed E-state index contributed by atoms with van der Waals surface area (Å²) >= 11 is 3.06. The van der Waals surface area contributed by atoms with Crippen LogP contribution in [0, 0.1) is 5.82 Å². The number of nitrogens with one attached hydrogen (secondary N) is 1. The first kappa shape index (κ1) is 15.5. The Hall–Kier alpha value is -1.88. The minimum Gasteiger partial charge on any atom is -0.373 e. The highest BCUT2D eigenvalue weighted by Gasteiger charge is 2.08. The summed E-state index contributed by atoms with van der Waals surface area (Å²) in [5, 5.41) is 2.78. The summed E-state index contributed by atoms with van der Waals surface area (Å²) in [7, 11) is 1.96. The van der Waals surface area contributed by atoms with Crippen LogP contribution in [0.3, 0.4) is 0 Å². The lowest BCUT2D eigenvalue weighted by molar-refractivity contribution is 0.0954. The molecule has 0 aliphatic carbocycles. The predicted octanol–water partition coefficient (Wildman–Crippen LogP) is 3.45. The summed E-state index contributed by atoms with van der Waals surface area (Å²) in [5.41, 5.74) is 1.40. The molecule has 0 atom stereocenters. The van der Waals surface area contributed by atoms with E-state index in [1.54, 1.807) is 6.07 Å². The number of nitrogens with zero attached hydrogens (tertiary/aromatic N) is 1. The maximum atomic E-state index is 13.4. The van der Waals surface area contributed by atoms with Crippen molar-refractivity contribution in [2.75, 3.05) is 25.0 Å². The number of likely N-dealkylation sites (N-methyl/N-ethyl adjacent to an activating group) is 1. The highest BCUT2D eigenvalue weighted by atomic mass is 79.9. The highest BCUT2D eigenvalue weighted by molar-refractivity contribution is 9.10. The zero-order valence-electron chi connectivity index (χ0n) is 11.6. The number of benzene rings is 2. The molecule has 2 aromatic carbocycles. The smallest absolute Gasteiger partial charge is 0.251 e. The van der Waals surface area contributed by atoms with Gasteiger partial charge in [0.1, 0.15) is 5.82 Å². The van der Waals surface area contributed by atoms with Crippen molar-refractivity contribution in [1.29, 1.82) is 0 Å². The van der Waals surface area contributed by atoms with E-state index in [1.165, 1.54) is 12.1 Å². The lowest BCUT2D eigenvalue weighted by atomic mass is 10.2. The van der Waals surface area contributed by atoms with Gasteiger partial charge in [-0.2, -0.15) is 0 Å². The molecule has 5 heteroatoms. The SMILES string of the molecule is CN(CCNC(=O)c1ccc(Br)c(F)c1)c1ccccc1. The van der Waals surface area contributed by atoms with Crippen LogP contribution in [0.15, 0.2) is 53.0 Å². The van der Waals surface area contributed by atoms with Gasteiger partial charge >= 0.3 is 0 Å². The van der Waals surface area contributed by atoms with Crippen LogP contribution in [-0.4, -0.2) is 26.0 Å². The molecular formula is C16H16BrFN2O. The van der Waals surface area contributed by atoms with E-state index < -0.39 is 5.82 Å². The summed E-state index contributed by atoms with van der Waals surface area (Å²) in [4.78, 5) is 14.0. The maximum absolute atomic E-state index is 13.4. The number of amides is 1. The number of halogens is 2. The number of hydrogen-bond donors (Lipinski definition) is 1. The monoisotopic (exact) mass is 350 g/mol. The Morgan fingerprint density at radius 1 is 1.24 bits per heavy atom. The van der Waals surface area contributed by atoms with Crippen molar-refractivity contribution in [2.24, 2.45) is 0 Å². The largest absolute Gasteiger partial charge is 0.373 e. The minimum atomic E-state index is -0.441. The number of para-hydroxylation sites is 1. The Labute approximate surface area is 131 Å². The van der Waals surface area contributed by atoms with E-state index in [1.807, 2.05) is 42.3 Å². The van der Waals surface area contributed by atoms with Gasteiger partial charge in [-0.3, -0.25) is 4.79 Å². The molecule has 0 aliphatic rings. The van der Waals surface area contributed by atoms with Crippen LogP contribution in [0.1, 0.15) is 10.4 Å². The summed E-state index contributed by atoms with van der Waals surface area (Å²) in [6.45, 7) is 1.16. The van der Waals surface area contributed by atoms with Gasteiger partial charge in [-0.05, 0) is 46.3 Å². The van der Waals surface area contributed by atoms with Crippen molar-refractivity contribution in [1.82, 2.24) is 5.32 Å². The number of carbonyl (C=O) groups is 1. The van der Waals surface area contributed by atoms with Crippen LogP contribution < -0.4 is 10.2 Å². The minimum absolute atomic E-state index is 0.275. The van der Waals surface area contributed by atoms with E-state index in [0.29, 0.717) is 23.1 Å². The van der Waals surface area contributed by atoms with Crippen molar-refractivity contribution in [3.8, 4) is 0 Å². The summed E-state index contributed by atoms with van der Waals surface area (Å²) < 4.78 is 13.7. The zero-order chi connectivity index (χ0) is 15.2. The lowest BCUT2D eigenvalue weighted by Gasteiger charge is -2.19. The van der Waals surface area contributed by atoms with Crippen molar-refractivity contribution >= 4 is 27.5 Å². The van der Waals surface area contributed by atoms with Gasteiger partial charge in [0.05, 0.1) is 4.47 Å². The molecule has 0 fully saturated rings. The third-order valence-electron chi connectivity index (χ3n) is 3.11. The average molecular weight is 351 g/mol. The quantitative estimate of drug-likeness (QED) is 0.895. The maximum Gasteiger partial charge on any atom is 0.251 e. The van der Waals surface area contributed by atoms with Crippen LogP contribution in [0.4, 0.5) is 10.1 Å². The average Bonchev–Trinajstić information content (AvgIpc) is 2.50. The standard InChI is InChI=1S/C16H16BrFN2O/c1-20(13-5-3-2-4-6-13)10-9-19-16(21)12-7-8-14(17)15(18)11-12/h2-8,11H,9-10H2,1H3,(H,19,21). The van der Waals surface area contributed by atoms with E-state index in [-0.39, 0.29) is 5.91 Å². The van der Waals surface area contributed by atoms with Gasteiger partial charge < -0.3 is 10.2 Å². The highest BCUT2D eigenvalue weighted by Crippen LogP contribution is 2.16. The second-order valence-corrected chi connectivity index (χ2v) is 5.50. The fourth-order valence-electron chi connectivity index (χ4n) is 1.89. The van der Waals surface area contributed by atoms with Gasteiger partial charge in [-0.1, -0.05) is 18.2 Å². The second-order valence-electron chi connectivity index (χ2n) is 4.64. The first-order chi connectivity index (χ1) is 10.1. The Morgan fingerprint density at radius 2 is 1.95 bits per heavy atom. The molecule has 21 heavy (non-hydrogen) atoms. The van der Waals surface area contributed by atoms with Gasteiger partial charge in [0.2, 0.25) is 0 Å². The van der Waals surface area contributed by atoms with Gasteiger partial charge in [0.25, 0.3) is 5.91 Å². The normalized spacial score (nSPS) is 10.2. The Bertz CT molecular complexity index is 619. The van der Waals surface area contributed by atoms with Crippen LogP contribution in [0.5, 0.6) is 0 Å². The Morgan fingerprint density at radius 3 is 2.62 bits per heavy atom. The van der Waals surface area contributed by atoms with Gasteiger partial charge in [0, 0.05) is 31.4 Å². The molecule has 0 spiro atoms. The van der Waals surface area contributed by atoms with E-state index in [0.717, 1.165) is 5.69 Å². The van der Waals surface area contributed by atoms with Crippen LogP contribution in [0.2, 0.25) is 0 Å². The van der Waals surface area contributed by atoms with Gasteiger partial charge in [-0.25, -0.2) is 4.39 Å². The molecule has 0 radical (unpaired) electrons. The van der Waals surface area contributed by atoms with Gasteiger partial charge in [-0.15, -0.1) is 0 Å². The molecule has 110 valence electrons. The number of carbonyl (C=O) groups excluding carboxylic acids is 1. The van der Waals surface area contributed by atoms with Gasteiger partial charge in [0.15, 0.2) is 0 Å². The van der Waals surface area contributed by atoms with E-state index >= 15 is 0 Å². The molecule has 1 amide bonds. The molecule has 0 aromatic heterocycles. The molecule has 2 rings (SSSR count). The molecule has 3 nitrogen and oxygen atoms in total. The molecular weight excluding hydrogens is 335 g/mol. The molecule has 0 heterocycles. The van der Waals surface area contributed by atoms with E-state index in [9.17, 15) is 9.18 Å². The second kappa shape index (κ2) is 7.22. The first-order valence-corrected chi connectivity index (χ1v) is 7.36. The first-order valence-electron chi connectivity index (χ1n) is 6.57. The molecule has 0 aliphatic heterocycles. The zero-order valence-corrected chi connectivity index (χ0v) is 13.2. The van der Waals surface area contributed by atoms with Crippen molar-refractivity contribution in [2.45, 2.75) is 0 Å². The van der Waals surface area contributed by atoms with Crippen molar-refractivity contribution in [3.05, 3.63) is 64.4 Å². The molecule has 2 aromatic rings. The number of rotatable bonds is 5. The molecule has 0 bridgehead atoms.